The molecular formula is C21H26N6O2. The number of anilines is 1. The van der Waals surface area contributed by atoms with Crippen molar-refractivity contribution in [1.29, 1.82) is 0 Å². The van der Waals surface area contributed by atoms with Crippen molar-refractivity contribution in [2.45, 2.75) is 25.5 Å². The first-order chi connectivity index (χ1) is 14.0. The van der Waals surface area contributed by atoms with Gasteiger partial charge in [0.15, 0.2) is 0 Å². The minimum atomic E-state index is -0.192. The molecule has 5 heterocycles. The zero-order valence-electron chi connectivity index (χ0n) is 17.0. The summed E-state index contributed by atoms with van der Waals surface area (Å²) >= 11 is 0. The molecule has 0 aromatic carbocycles. The van der Waals surface area contributed by atoms with Gasteiger partial charge >= 0.3 is 0 Å². The fourth-order valence-electron chi connectivity index (χ4n) is 4.59. The van der Waals surface area contributed by atoms with E-state index in [2.05, 4.69) is 27.0 Å². The van der Waals surface area contributed by atoms with Crippen molar-refractivity contribution >= 4 is 16.9 Å². The van der Waals surface area contributed by atoms with E-state index >= 15 is 0 Å². The normalized spacial score (nSPS) is 22.3. The molecule has 1 N–H and O–H groups in total. The van der Waals surface area contributed by atoms with Crippen molar-refractivity contribution in [3.05, 3.63) is 30.1 Å². The Kier molecular flexibility index (Phi) is 4.40. The molecule has 2 aliphatic heterocycles. The molecule has 0 unspecified atom stereocenters. The molecule has 29 heavy (non-hydrogen) atoms. The van der Waals surface area contributed by atoms with Crippen LogP contribution in [0, 0.1) is 6.92 Å². The van der Waals surface area contributed by atoms with Crippen LogP contribution in [0.1, 0.15) is 12.1 Å². The molecule has 2 aliphatic rings. The summed E-state index contributed by atoms with van der Waals surface area (Å²) in [6.07, 6.45) is 2.54. The molecule has 8 heteroatoms. The van der Waals surface area contributed by atoms with Crippen molar-refractivity contribution in [2.75, 3.05) is 38.2 Å². The molecule has 5 rings (SSSR count). The molecular weight excluding hydrogens is 368 g/mol. The predicted octanol–water partition coefficient (Wildman–Crippen LogP) is 1.60. The minimum Gasteiger partial charge on any atom is -0.495 e. The van der Waals surface area contributed by atoms with E-state index in [1.165, 1.54) is 0 Å². The van der Waals surface area contributed by atoms with Crippen molar-refractivity contribution in [3.8, 4) is 17.0 Å². The van der Waals surface area contributed by atoms with Crippen molar-refractivity contribution in [3.63, 3.8) is 0 Å². The third-order valence-corrected chi connectivity index (χ3v) is 6.13. The lowest BCUT2D eigenvalue weighted by atomic mass is 10.1. The molecule has 0 amide bonds. The van der Waals surface area contributed by atoms with E-state index in [0.717, 1.165) is 72.2 Å². The first-order valence-electron chi connectivity index (χ1n) is 10.1. The second-order valence-corrected chi connectivity index (χ2v) is 8.01. The number of rotatable bonds is 3. The van der Waals surface area contributed by atoms with Crippen LogP contribution in [-0.4, -0.2) is 75.2 Å². The lowest BCUT2D eigenvalue weighted by Gasteiger charge is -2.37. The number of pyridine rings is 2. The van der Waals surface area contributed by atoms with Crippen LogP contribution in [0.15, 0.2) is 24.4 Å². The molecule has 2 atom stereocenters. The highest BCUT2D eigenvalue weighted by Gasteiger charge is 2.35. The predicted molar refractivity (Wildman–Crippen MR) is 111 cm³/mol. The molecule has 3 aromatic heterocycles. The highest BCUT2D eigenvalue weighted by Crippen LogP contribution is 2.31. The van der Waals surface area contributed by atoms with E-state index in [9.17, 15) is 5.11 Å². The molecule has 2 saturated heterocycles. The number of ether oxygens (including phenoxy) is 1. The van der Waals surface area contributed by atoms with Crippen molar-refractivity contribution < 1.29 is 9.84 Å². The van der Waals surface area contributed by atoms with Crippen LogP contribution in [0.4, 0.5) is 5.82 Å². The summed E-state index contributed by atoms with van der Waals surface area (Å²) in [6.45, 7) is 5.56. The van der Waals surface area contributed by atoms with Gasteiger partial charge in [-0.2, -0.15) is 5.10 Å². The zero-order valence-corrected chi connectivity index (χ0v) is 17.0. The third-order valence-electron chi connectivity index (χ3n) is 6.13. The highest BCUT2D eigenvalue weighted by molar-refractivity contribution is 5.90. The molecule has 0 radical (unpaired) electrons. The number of fused-ring (bicyclic) bond motifs is 2. The lowest BCUT2D eigenvalue weighted by Crippen LogP contribution is -2.50. The number of aryl methyl sites for hydroxylation is 2. The summed E-state index contributed by atoms with van der Waals surface area (Å²) in [5.74, 6) is 1.73. The van der Waals surface area contributed by atoms with E-state index in [1.807, 2.05) is 30.9 Å². The van der Waals surface area contributed by atoms with Gasteiger partial charge in [-0.15, -0.1) is 0 Å². The van der Waals surface area contributed by atoms with Gasteiger partial charge in [-0.05, 0) is 25.5 Å². The van der Waals surface area contributed by atoms with Gasteiger partial charge in [-0.3, -0.25) is 9.58 Å². The lowest BCUT2D eigenvalue weighted by molar-refractivity contribution is 0.173. The van der Waals surface area contributed by atoms with E-state index in [-0.39, 0.29) is 6.10 Å². The second kappa shape index (κ2) is 6.96. The van der Waals surface area contributed by atoms with E-state index < -0.39 is 0 Å². The highest BCUT2D eigenvalue weighted by atomic mass is 16.5. The van der Waals surface area contributed by atoms with Gasteiger partial charge < -0.3 is 14.7 Å². The number of hydrogen-bond donors (Lipinski definition) is 1. The molecule has 2 fully saturated rings. The van der Waals surface area contributed by atoms with Crippen LogP contribution in [0.3, 0.4) is 0 Å². The summed E-state index contributed by atoms with van der Waals surface area (Å²) < 4.78 is 7.23. The number of aromatic nitrogens is 4. The molecule has 8 nitrogen and oxygen atoms in total. The smallest absolute Gasteiger partial charge is 0.142 e. The summed E-state index contributed by atoms with van der Waals surface area (Å²) in [7, 11) is 3.57. The van der Waals surface area contributed by atoms with Crippen LogP contribution in [0.2, 0.25) is 0 Å². The quantitative estimate of drug-likeness (QED) is 0.723. The van der Waals surface area contributed by atoms with E-state index in [1.54, 1.807) is 7.11 Å². The first-order valence-corrected chi connectivity index (χ1v) is 10.1. The Hall–Kier alpha value is -2.71. The zero-order chi connectivity index (χ0) is 20.1. The number of methoxy groups -OCH3 is 1. The topological polar surface area (TPSA) is 79.5 Å². The number of aliphatic hydroxyl groups is 1. The minimum absolute atomic E-state index is 0.192. The number of nitrogens with zero attached hydrogens (tertiary/aromatic N) is 6. The summed E-state index contributed by atoms with van der Waals surface area (Å²) in [5.41, 5.74) is 4.41. The summed E-state index contributed by atoms with van der Waals surface area (Å²) in [5, 5.41) is 14.6. The SMILES string of the molecule is COc1cc2c(nc1C)c(-c1ccc(N3CCN4C[C@H](O)C[C@H]4C3)nc1)nn2C. The Balaban J connectivity index is 1.43. The van der Waals surface area contributed by atoms with Gasteiger partial charge in [0.1, 0.15) is 22.8 Å². The largest absolute Gasteiger partial charge is 0.495 e. The standard InChI is InChI=1S/C21H26N6O2/c1-13-18(29-3)9-17-21(23-13)20(24-25(17)2)14-4-5-19(22-10-14)27-7-6-26-12-16(28)8-15(26)11-27/h4-5,9-10,15-16,28H,6-8,11-12H2,1-3H3/t15-,16+/m0/s1. The fourth-order valence-corrected chi connectivity index (χ4v) is 4.59. The number of hydrogen-bond acceptors (Lipinski definition) is 7. The van der Waals surface area contributed by atoms with Gasteiger partial charge in [0.05, 0.1) is 24.4 Å². The first kappa shape index (κ1) is 18.3. The van der Waals surface area contributed by atoms with Gasteiger partial charge in [-0.1, -0.05) is 0 Å². The molecule has 0 spiro atoms. The van der Waals surface area contributed by atoms with Crippen molar-refractivity contribution in [2.24, 2.45) is 7.05 Å². The average molecular weight is 394 g/mol. The van der Waals surface area contributed by atoms with Crippen LogP contribution >= 0.6 is 0 Å². The maximum Gasteiger partial charge on any atom is 0.142 e. The van der Waals surface area contributed by atoms with E-state index in [4.69, 9.17) is 14.7 Å². The molecule has 0 bridgehead atoms. The van der Waals surface area contributed by atoms with Crippen LogP contribution in [0.25, 0.3) is 22.3 Å². The van der Waals surface area contributed by atoms with Crippen LogP contribution < -0.4 is 9.64 Å². The Morgan fingerprint density at radius 3 is 2.83 bits per heavy atom. The summed E-state index contributed by atoms with van der Waals surface area (Å²) in [4.78, 5) is 14.1. The molecule has 0 saturated carbocycles. The number of piperazine rings is 1. The molecule has 3 aromatic rings. The van der Waals surface area contributed by atoms with Crippen molar-refractivity contribution in [1.82, 2.24) is 24.6 Å². The Labute approximate surface area is 169 Å². The van der Waals surface area contributed by atoms with Gasteiger partial charge in [-0.25, -0.2) is 9.97 Å². The van der Waals surface area contributed by atoms with Crippen LogP contribution in [0.5, 0.6) is 5.75 Å². The second-order valence-electron chi connectivity index (χ2n) is 8.01. The average Bonchev–Trinajstić information content (AvgIpc) is 3.25. The maximum atomic E-state index is 9.92. The number of aliphatic hydroxyl groups excluding tert-OH is 1. The van der Waals surface area contributed by atoms with Crippen LogP contribution in [-0.2, 0) is 7.05 Å². The Bertz CT molecular complexity index is 1050. The van der Waals surface area contributed by atoms with Gasteiger partial charge in [0.2, 0.25) is 0 Å². The molecule has 152 valence electrons. The van der Waals surface area contributed by atoms with Gasteiger partial charge in [0, 0.05) is 57.1 Å². The van der Waals surface area contributed by atoms with Gasteiger partial charge in [0.25, 0.3) is 0 Å². The fraction of sp³-hybridized carbons (Fsp3) is 0.476. The Morgan fingerprint density at radius 1 is 1.21 bits per heavy atom. The maximum absolute atomic E-state index is 9.92. The molecule has 0 aliphatic carbocycles. The Morgan fingerprint density at radius 2 is 2.07 bits per heavy atom. The monoisotopic (exact) mass is 394 g/mol. The summed E-state index contributed by atoms with van der Waals surface area (Å²) in [6, 6.07) is 6.53. The van der Waals surface area contributed by atoms with E-state index in [0.29, 0.717) is 6.04 Å². The third kappa shape index (κ3) is 3.12.